The molecule has 4 atom stereocenters. The second kappa shape index (κ2) is 7.23. The maximum absolute atomic E-state index is 14.0. The Morgan fingerprint density at radius 2 is 1.76 bits per heavy atom. The molecule has 1 aliphatic heterocycles. The Kier molecular flexibility index (Phi) is 5.36. The molecule has 2 N–H and O–H groups in total. The number of likely N-dealkylation sites (tertiary alicyclic amines) is 1. The number of aliphatic hydroxyl groups excluding tert-OH is 1. The minimum atomic E-state index is -1.42. The number of carbonyl (C=O) groups excluding carboxylic acids is 2. The Morgan fingerprint density at radius 1 is 1.17 bits per heavy atom. The fourth-order valence-corrected chi connectivity index (χ4v) is 3.98. The zero-order valence-corrected chi connectivity index (χ0v) is 17.3. The molecule has 1 aromatic carbocycles. The summed E-state index contributed by atoms with van der Waals surface area (Å²) in [5.74, 6) is -2.62. The van der Waals surface area contributed by atoms with E-state index >= 15 is 0 Å². The summed E-state index contributed by atoms with van der Waals surface area (Å²) in [5, 5.41) is 13.3. The molecule has 1 heterocycles. The van der Waals surface area contributed by atoms with Crippen molar-refractivity contribution >= 4 is 12.0 Å². The normalized spacial score (nSPS) is 24.7. The average Bonchev–Trinajstić information content (AvgIpc) is 3.09. The zero-order valence-electron chi connectivity index (χ0n) is 17.3. The molecule has 2 unspecified atom stereocenters. The molecule has 2 aliphatic rings. The summed E-state index contributed by atoms with van der Waals surface area (Å²) in [7, 11) is 0. The largest absolute Gasteiger partial charge is 0.444 e. The minimum absolute atomic E-state index is 0.0429. The quantitative estimate of drug-likeness (QED) is 0.800. The van der Waals surface area contributed by atoms with E-state index in [0.717, 1.165) is 6.07 Å². The number of amides is 2. The molecule has 2 amide bonds. The molecule has 0 bridgehead atoms. The Labute approximate surface area is 169 Å². The lowest BCUT2D eigenvalue weighted by molar-refractivity contribution is -0.126. The lowest BCUT2D eigenvalue weighted by Gasteiger charge is -2.33. The van der Waals surface area contributed by atoms with Crippen LogP contribution in [0.25, 0.3) is 0 Å². The van der Waals surface area contributed by atoms with E-state index in [1.54, 1.807) is 39.5 Å². The van der Waals surface area contributed by atoms with Crippen molar-refractivity contribution in [2.75, 3.05) is 13.1 Å². The highest BCUT2D eigenvalue weighted by Gasteiger charge is 2.61. The van der Waals surface area contributed by atoms with E-state index in [9.17, 15) is 23.5 Å². The molecule has 1 saturated heterocycles. The highest BCUT2D eigenvalue weighted by molar-refractivity contribution is 5.84. The number of aliphatic hydroxyl groups is 1. The van der Waals surface area contributed by atoms with Gasteiger partial charge in [0.2, 0.25) is 5.91 Å². The van der Waals surface area contributed by atoms with Crippen LogP contribution >= 0.6 is 0 Å². The highest BCUT2D eigenvalue weighted by atomic mass is 19.2. The molecule has 0 radical (unpaired) electrons. The smallest absolute Gasteiger partial charge is 0.410 e. The number of hydrogen-bond acceptors (Lipinski definition) is 4. The van der Waals surface area contributed by atoms with Gasteiger partial charge >= 0.3 is 6.09 Å². The molecular formula is C21H28F2N2O4. The van der Waals surface area contributed by atoms with Gasteiger partial charge in [0.15, 0.2) is 11.6 Å². The first-order chi connectivity index (χ1) is 13.3. The molecule has 8 heteroatoms. The Balaban J connectivity index is 1.58. The van der Waals surface area contributed by atoms with Gasteiger partial charge in [0.25, 0.3) is 0 Å². The predicted molar refractivity (Wildman–Crippen MR) is 102 cm³/mol. The van der Waals surface area contributed by atoms with Crippen LogP contribution < -0.4 is 5.32 Å². The van der Waals surface area contributed by atoms with Gasteiger partial charge in [-0.3, -0.25) is 4.79 Å². The topological polar surface area (TPSA) is 78.9 Å². The predicted octanol–water partition coefficient (Wildman–Crippen LogP) is 3.01. The number of piperidine rings is 1. The lowest BCUT2D eigenvalue weighted by Crippen LogP contribution is -2.50. The van der Waals surface area contributed by atoms with Gasteiger partial charge in [-0.2, -0.15) is 0 Å². The first-order valence-electron chi connectivity index (χ1n) is 9.74. The Bertz CT molecular complexity index is 809. The second-order valence-electron chi connectivity index (χ2n) is 9.50. The minimum Gasteiger partial charge on any atom is -0.444 e. The summed E-state index contributed by atoms with van der Waals surface area (Å²) in [5.41, 5.74) is -1.98. The number of hydrogen-bond donors (Lipinski definition) is 2. The fraction of sp³-hybridized carbons (Fsp3) is 0.619. The molecule has 6 nitrogen and oxygen atoms in total. The number of ether oxygens (including phenoxy) is 1. The van der Waals surface area contributed by atoms with Crippen LogP contribution in [0.5, 0.6) is 0 Å². The highest BCUT2D eigenvalue weighted by Crippen LogP contribution is 2.52. The lowest BCUT2D eigenvalue weighted by atomic mass is 9.90. The van der Waals surface area contributed by atoms with Crippen LogP contribution in [0.1, 0.15) is 46.3 Å². The van der Waals surface area contributed by atoms with E-state index in [2.05, 4.69) is 5.32 Å². The first-order valence-corrected chi connectivity index (χ1v) is 9.74. The van der Waals surface area contributed by atoms with Crippen LogP contribution in [0, 0.1) is 29.4 Å². The van der Waals surface area contributed by atoms with Crippen LogP contribution in [-0.2, 0) is 9.53 Å². The average molecular weight is 410 g/mol. The van der Waals surface area contributed by atoms with Gasteiger partial charge < -0.3 is 20.1 Å². The maximum Gasteiger partial charge on any atom is 0.410 e. The van der Waals surface area contributed by atoms with Crippen molar-refractivity contribution in [3.63, 3.8) is 0 Å². The fourth-order valence-electron chi connectivity index (χ4n) is 3.98. The van der Waals surface area contributed by atoms with Crippen molar-refractivity contribution in [3.8, 4) is 0 Å². The van der Waals surface area contributed by atoms with Crippen molar-refractivity contribution < 1.29 is 28.2 Å². The third-order valence-electron chi connectivity index (χ3n) is 5.55. The molecule has 1 aliphatic carbocycles. The van der Waals surface area contributed by atoms with Gasteiger partial charge in [-0.05, 0) is 52.5 Å². The molecule has 1 saturated carbocycles. The summed E-state index contributed by atoms with van der Waals surface area (Å²) < 4.78 is 32.8. The van der Waals surface area contributed by atoms with Crippen LogP contribution in [0.4, 0.5) is 13.6 Å². The molecular weight excluding hydrogens is 382 g/mol. The standard InChI is InChI=1S/C21H28F2N2O4/c1-20(2,3)29-19(28)25-9-12-13(10-25)15(12)18(27)24-21(4,5)17(26)11-7-6-8-14(22)16(11)23/h6-8,12-13,15,17,26H,9-10H2,1-5H3,(H,24,27)/t12-,13+,15?,17?. The molecule has 3 rings (SSSR count). The van der Waals surface area contributed by atoms with E-state index in [0.29, 0.717) is 13.1 Å². The zero-order chi connectivity index (χ0) is 21.7. The molecule has 1 aromatic rings. The van der Waals surface area contributed by atoms with Crippen molar-refractivity contribution in [1.82, 2.24) is 10.2 Å². The number of carbonyl (C=O) groups is 2. The summed E-state index contributed by atoms with van der Waals surface area (Å²) in [6.45, 7) is 9.40. The SMILES string of the molecule is CC(C)(C)OC(=O)N1C[C@@H]2C(C(=O)NC(C)(C)C(O)c3cccc(F)c3F)[C@@H]2C1. The van der Waals surface area contributed by atoms with Gasteiger partial charge in [-0.25, -0.2) is 13.6 Å². The van der Waals surface area contributed by atoms with E-state index in [1.165, 1.54) is 12.1 Å². The summed E-state index contributed by atoms with van der Waals surface area (Å²) in [4.78, 5) is 26.4. The Hall–Kier alpha value is -2.22. The third-order valence-corrected chi connectivity index (χ3v) is 5.55. The number of rotatable bonds is 4. The first kappa shape index (κ1) is 21.5. The van der Waals surface area contributed by atoms with Crippen molar-refractivity contribution in [2.24, 2.45) is 17.8 Å². The van der Waals surface area contributed by atoms with Crippen molar-refractivity contribution in [1.29, 1.82) is 0 Å². The Morgan fingerprint density at radius 3 is 2.31 bits per heavy atom. The second-order valence-corrected chi connectivity index (χ2v) is 9.50. The molecule has 2 fully saturated rings. The molecule has 160 valence electrons. The molecule has 29 heavy (non-hydrogen) atoms. The van der Waals surface area contributed by atoms with E-state index in [4.69, 9.17) is 4.74 Å². The van der Waals surface area contributed by atoms with Crippen molar-refractivity contribution in [3.05, 3.63) is 35.4 Å². The van der Waals surface area contributed by atoms with E-state index in [1.807, 2.05) is 0 Å². The van der Waals surface area contributed by atoms with Gasteiger partial charge in [-0.1, -0.05) is 12.1 Å². The van der Waals surface area contributed by atoms with Crippen LogP contribution in [0.15, 0.2) is 18.2 Å². The number of halogens is 2. The number of fused-ring (bicyclic) bond motifs is 1. The maximum atomic E-state index is 14.0. The van der Waals surface area contributed by atoms with Gasteiger partial charge in [0.1, 0.15) is 11.7 Å². The van der Waals surface area contributed by atoms with E-state index < -0.39 is 28.9 Å². The van der Waals surface area contributed by atoms with E-state index in [-0.39, 0.29) is 35.3 Å². The summed E-state index contributed by atoms with van der Waals surface area (Å²) >= 11 is 0. The number of benzene rings is 1. The van der Waals surface area contributed by atoms with Gasteiger partial charge in [0, 0.05) is 24.6 Å². The van der Waals surface area contributed by atoms with Gasteiger partial charge in [0.05, 0.1) is 5.54 Å². The van der Waals surface area contributed by atoms with Crippen LogP contribution in [0.3, 0.4) is 0 Å². The van der Waals surface area contributed by atoms with Gasteiger partial charge in [-0.15, -0.1) is 0 Å². The summed E-state index contributed by atoms with van der Waals surface area (Å²) in [6.07, 6.45) is -1.81. The number of nitrogens with zero attached hydrogens (tertiary/aromatic N) is 1. The monoisotopic (exact) mass is 410 g/mol. The van der Waals surface area contributed by atoms with Crippen LogP contribution in [-0.4, -0.2) is 46.2 Å². The molecule has 0 spiro atoms. The molecule has 0 aromatic heterocycles. The number of nitrogens with one attached hydrogen (secondary N) is 1. The third kappa shape index (κ3) is 4.37. The van der Waals surface area contributed by atoms with Crippen molar-refractivity contribution in [2.45, 2.75) is 51.9 Å². The van der Waals surface area contributed by atoms with Crippen LogP contribution in [0.2, 0.25) is 0 Å². The summed E-state index contributed by atoms with van der Waals surface area (Å²) in [6, 6.07) is 3.58.